The van der Waals surface area contributed by atoms with E-state index in [9.17, 15) is 0 Å². The van der Waals surface area contributed by atoms with Gasteiger partial charge in [-0.05, 0) is 24.8 Å². The van der Waals surface area contributed by atoms with Crippen LogP contribution in [0.25, 0.3) is 0 Å². The zero-order valence-corrected chi connectivity index (χ0v) is 6.09. The predicted octanol–water partition coefficient (Wildman–Crippen LogP) is 1.33. The van der Waals surface area contributed by atoms with Crippen LogP contribution in [0.4, 0.5) is 0 Å². The van der Waals surface area contributed by atoms with Crippen molar-refractivity contribution in [2.24, 2.45) is 5.92 Å². The van der Waals surface area contributed by atoms with Crippen molar-refractivity contribution in [3.05, 3.63) is 11.6 Å². The Balaban J connectivity index is 2.24. The van der Waals surface area contributed by atoms with E-state index >= 15 is 0 Å². The van der Waals surface area contributed by atoms with Gasteiger partial charge in [-0.3, -0.25) is 0 Å². The van der Waals surface area contributed by atoms with E-state index in [1.807, 2.05) is 6.21 Å². The van der Waals surface area contributed by atoms with Crippen molar-refractivity contribution in [1.82, 2.24) is 4.67 Å². The SMILES string of the molecule is C1=[N+]=CC2CCCCC2=C1. The molecule has 0 bridgehead atoms. The summed E-state index contributed by atoms with van der Waals surface area (Å²) in [7, 11) is 0. The Hall–Kier alpha value is -0.810. The van der Waals surface area contributed by atoms with Gasteiger partial charge in [-0.25, -0.2) is 0 Å². The summed E-state index contributed by atoms with van der Waals surface area (Å²) in [6, 6.07) is 0. The summed E-state index contributed by atoms with van der Waals surface area (Å²) in [5, 5.41) is 0. The van der Waals surface area contributed by atoms with Gasteiger partial charge in [0.1, 0.15) is 0 Å². The average Bonchev–Trinajstić information content (AvgIpc) is 2.05. The summed E-state index contributed by atoms with van der Waals surface area (Å²) < 4.78 is 4.14. The van der Waals surface area contributed by atoms with Crippen LogP contribution in [0.15, 0.2) is 11.6 Å². The molecule has 0 saturated heterocycles. The molecule has 0 aromatic rings. The molecule has 0 N–H and O–H groups in total. The van der Waals surface area contributed by atoms with Crippen LogP contribution in [0, 0.1) is 5.92 Å². The first-order valence-corrected chi connectivity index (χ1v) is 4.02. The fourth-order valence-corrected chi connectivity index (χ4v) is 1.73. The molecule has 52 valence electrons. The summed E-state index contributed by atoms with van der Waals surface area (Å²) in [6.07, 6.45) is 11.6. The van der Waals surface area contributed by atoms with Gasteiger partial charge >= 0.3 is 0 Å². The molecule has 1 saturated carbocycles. The zero-order chi connectivity index (χ0) is 6.81. The fraction of sp³-hybridized carbons (Fsp3) is 0.556. The van der Waals surface area contributed by atoms with Crippen LogP contribution in [0.2, 0.25) is 0 Å². The van der Waals surface area contributed by atoms with Crippen molar-refractivity contribution in [1.29, 1.82) is 0 Å². The Morgan fingerprint density at radius 3 is 3.30 bits per heavy atom. The second-order valence-corrected chi connectivity index (χ2v) is 3.04. The summed E-state index contributed by atoms with van der Waals surface area (Å²) >= 11 is 0. The average molecular weight is 134 g/mol. The van der Waals surface area contributed by atoms with Gasteiger partial charge in [0.05, 0.1) is 5.92 Å². The molecule has 1 fully saturated rings. The molecule has 1 heterocycles. The van der Waals surface area contributed by atoms with Gasteiger partial charge in [0, 0.05) is 6.08 Å². The van der Waals surface area contributed by atoms with E-state index in [2.05, 4.69) is 17.0 Å². The van der Waals surface area contributed by atoms with E-state index in [-0.39, 0.29) is 0 Å². The van der Waals surface area contributed by atoms with Crippen molar-refractivity contribution in [2.45, 2.75) is 25.7 Å². The highest BCUT2D eigenvalue weighted by Gasteiger charge is 2.21. The molecule has 0 spiro atoms. The minimum absolute atomic E-state index is 0.693. The maximum Gasteiger partial charge on any atom is 0.291 e. The van der Waals surface area contributed by atoms with Gasteiger partial charge < -0.3 is 0 Å². The molecule has 1 heteroatoms. The van der Waals surface area contributed by atoms with Crippen LogP contribution in [0.5, 0.6) is 0 Å². The van der Waals surface area contributed by atoms with Crippen molar-refractivity contribution in [3.8, 4) is 0 Å². The number of allylic oxidation sites excluding steroid dienone is 2. The number of rotatable bonds is 0. The predicted molar refractivity (Wildman–Crippen MR) is 44.3 cm³/mol. The number of nitrogens with zero attached hydrogens (tertiary/aromatic N) is 1. The first-order chi connectivity index (χ1) is 4.97. The molecular weight excluding hydrogens is 122 g/mol. The molecule has 1 aliphatic carbocycles. The lowest BCUT2D eigenvalue weighted by molar-refractivity contribution is 0.544. The molecule has 2 aliphatic rings. The van der Waals surface area contributed by atoms with E-state index < -0.39 is 0 Å². The molecule has 1 aliphatic heterocycles. The first-order valence-electron chi connectivity index (χ1n) is 4.02. The van der Waals surface area contributed by atoms with E-state index in [0.29, 0.717) is 5.92 Å². The fourth-order valence-electron chi connectivity index (χ4n) is 1.73. The highest BCUT2D eigenvalue weighted by atomic mass is 14.6. The monoisotopic (exact) mass is 134 g/mol. The lowest BCUT2D eigenvalue weighted by atomic mass is 9.84. The molecule has 0 amide bonds. The van der Waals surface area contributed by atoms with Crippen molar-refractivity contribution in [2.75, 3.05) is 0 Å². The second kappa shape index (κ2) is 2.43. The number of hydrogen-bond acceptors (Lipinski definition) is 0. The Labute approximate surface area is 61.2 Å². The van der Waals surface area contributed by atoms with Gasteiger partial charge in [-0.15, -0.1) is 4.67 Å². The van der Waals surface area contributed by atoms with Crippen LogP contribution in [-0.2, 0) is 0 Å². The van der Waals surface area contributed by atoms with E-state index in [0.717, 1.165) is 0 Å². The maximum absolute atomic E-state index is 4.14. The Kier molecular flexibility index (Phi) is 1.44. The molecule has 0 radical (unpaired) electrons. The van der Waals surface area contributed by atoms with Crippen molar-refractivity contribution < 1.29 is 0 Å². The minimum atomic E-state index is 0.693. The number of fused-ring (bicyclic) bond motifs is 1. The van der Waals surface area contributed by atoms with Crippen LogP contribution >= 0.6 is 0 Å². The Morgan fingerprint density at radius 1 is 1.40 bits per heavy atom. The third-order valence-corrected chi connectivity index (χ3v) is 2.35. The highest BCUT2D eigenvalue weighted by Crippen LogP contribution is 2.27. The summed E-state index contributed by atoms with van der Waals surface area (Å²) in [6.45, 7) is 0. The van der Waals surface area contributed by atoms with Crippen LogP contribution in [-0.4, -0.2) is 12.4 Å². The topological polar surface area (TPSA) is 14.1 Å². The molecule has 10 heavy (non-hydrogen) atoms. The summed E-state index contributed by atoms with van der Waals surface area (Å²) in [4.78, 5) is 0. The normalized spacial score (nSPS) is 29.6. The smallest absolute Gasteiger partial charge is 0.105 e. The highest BCUT2D eigenvalue weighted by molar-refractivity contribution is 5.82. The Morgan fingerprint density at radius 2 is 2.40 bits per heavy atom. The molecule has 1 nitrogen and oxygen atoms in total. The molecule has 1 atom stereocenters. The van der Waals surface area contributed by atoms with Gasteiger partial charge in [0.2, 0.25) is 0 Å². The van der Waals surface area contributed by atoms with E-state index in [1.54, 1.807) is 5.57 Å². The van der Waals surface area contributed by atoms with Gasteiger partial charge in [-0.1, -0.05) is 6.42 Å². The molecule has 0 aromatic heterocycles. The van der Waals surface area contributed by atoms with Gasteiger partial charge in [0.25, 0.3) is 12.4 Å². The largest absolute Gasteiger partial charge is 0.291 e. The third kappa shape index (κ3) is 0.932. The third-order valence-electron chi connectivity index (χ3n) is 2.35. The first kappa shape index (κ1) is 5.94. The summed E-state index contributed by atoms with van der Waals surface area (Å²) in [5.41, 5.74) is 1.60. The van der Waals surface area contributed by atoms with Crippen LogP contribution in [0.3, 0.4) is 0 Å². The van der Waals surface area contributed by atoms with Gasteiger partial charge in [0.15, 0.2) is 0 Å². The quantitative estimate of drug-likeness (QED) is 0.444. The molecule has 2 rings (SSSR count). The van der Waals surface area contributed by atoms with Gasteiger partial charge in [-0.2, -0.15) is 0 Å². The Bertz CT molecular complexity index is 219. The van der Waals surface area contributed by atoms with Crippen molar-refractivity contribution >= 4 is 12.4 Å². The standard InChI is InChI=1S/C9H12N/c1-2-4-9-7-10-6-5-8(9)3-1/h5-7,9H,1-4H2/q+1. The molecule has 0 aromatic carbocycles. The number of hydrogen-bond donors (Lipinski definition) is 0. The minimum Gasteiger partial charge on any atom is -0.105 e. The summed E-state index contributed by atoms with van der Waals surface area (Å²) in [5.74, 6) is 0.693. The van der Waals surface area contributed by atoms with Crippen LogP contribution in [0.1, 0.15) is 25.7 Å². The second-order valence-electron chi connectivity index (χ2n) is 3.04. The van der Waals surface area contributed by atoms with E-state index in [1.165, 1.54) is 25.7 Å². The van der Waals surface area contributed by atoms with E-state index in [4.69, 9.17) is 0 Å². The molecular formula is C9H12N+. The lowest BCUT2D eigenvalue weighted by Crippen LogP contribution is -2.15. The van der Waals surface area contributed by atoms with Crippen LogP contribution < -0.4 is 4.67 Å². The zero-order valence-electron chi connectivity index (χ0n) is 6.09. The maximum atomic E-state index is 4.14. The van der Waals surface area contributed by atoms with Crippen molar-refractivity contribution in [3.63, 3.8) is 0 Å². The molecule has 1 unspecified atom stereocenters. The lowest BCUT2D eigenvalue weighted by Gasteiger charge is -2.18.